The zero-order chi connectivity index (χ0) is 13.5. The topological polar surface area (TPSA) is 62.3 Å². The molecule has 0 aliphatic heterocycles. The van der Waals surface area contributed by atoms with E-state index in [2.05, 4.69) is 10.3 Å². The van der Waals surface area contributed by atoms with E-state index in [1.165, 1.54) is 16.2 Å². The van der Waals surface area contributed by atoms with Crippen molar-refractivity contribution in [2.75, 3.05) is 20.1 Å². The van der Waals surface area contributed by atoms with Gasteiger partial charge in [-0.2, -0.15) is 0 Å². The molecule has 0 spiro atoms. The highest BCUT2D eigenvalue weighted by Gasteiger charge is 2.14. The van der Waals surface area contributed by atoms with Gasteiger partial charge in [-0.25, -0.2) is 4.98 Å². The quantitative estimate of drug-likeness (QED) is 0.837. The van der Waals surface area contributed by atoms with Crippen LogP contribution in [-0.4, -0.2) is 41.8 Å². The molecule has 0 aliphatic carbocycles. The van der Waals surface area contributed by atoms with E-state index in [0.29, 0.717) is 6.54 Å². The molecule has 6 heteroatoms. The predicted octanol–water partition coefficient (Wildman–Crippen LogP) is 0.979. The van der Waals surface area contributed by atoms with Gasteiger partial charge in [0.05, 0.1) is 23.7 Å². The van der Waals surface area contributed by atoms with Crippen LogP contribution in [-0.2, 0) is 16.0 Å². The van der Waals surface area contributed by atoms with Crippen LogP contribution in [0.2, 0.25) is 0 Å². The summed E-state index contributed by atoms with van der Waals surface area (Å²) < 4.78 is 0. The van der Waals surface area contributed by atoms with Crippen LogP contribution < -0.4 is 5.32 Å². The van der Waals surface area contributed by atoms with E-state index in [1.54, 1.807) is 7.05 Å². The number of carbonyl (C=O) groups is 2. The zero-order valence-electron chi connectivity index (χ0n) is 11.0. The molecule has 1 rings (SSSR count). The Morgan fingerprint density at radius 3 is 2.78 bits per heavy atom. The molecular formula is C12H19N3O2S. The molecule has 0 bridgehead atoms. The van der Waals surface area contributed by atoms with Crippen LogP contribution in [0, 0.1) is 6.92 Å². The van der Waals surface area contributed by atoms with Gasteiger partial charge in [0.15, 0.2) is 0 Å². The number of hydrogen-bond acceptors (Lipinski definition) is 4. The second-order valence-electron chi connectivity index (χ2n) is 4.13. The van der Waals surface area contributed by atoms with Crippen molar-refractivity contribution in [3.63, 3.8) is 0 Å². The molecule has 18 heavy (non-hydrogen) atoms. The number of nitrogens with zero attached hydrogens (tertiary/aromatic N) is 2. The lowest BCUT2D eigenvalue weighted by Crippen LogP contribution is -2.39. The molecule has 0 unspecified atom stereocenters. The summed E-state index contributed by atoms with van der Waals surface area (Å²) in [7, 11) is 1.63. The Kier molecular flexibility index (Phi) is 5.77. The van der Waals surface area contributed by atoms with E-state index in [0.717, 1.165) is 17.1 Å². The van der Waals surface area contributed by atoms with Gasteiger partial charge in [-0.1, -0.05) is 6.92 Å². The maximum atomic E-state index is 11.8. The first kappa shape index (κ1) is 14.6. The van der Waals surface area contributed by atoms with Crippen LogP contribution in [0.15, 0.2) is 5.38 Å². The second-order valence-corrected chi connectivity index (χ2v) is 5.20. The molecule has 0 aromatic carbocycles. The summed E-state index contributed by atoms with van der Waals surface area (Å²) >= 11 is 1.52. The standard InChI is InChI=1S/C12H19N3O2S/c1-4-5-13-11(16)7-15(3)12(17)6-10-8-18-9(2)14-10/h8H,4-7H2,1-3H3,(H,13,16). The number of hydrogen-bond donors (Lipinski definition) is 1. The fraction of sp³-hybridized carbons (Fsp3) is 0.583. The molecule has 0 saturated carbocycles. The van der Waals surface area contributed by atoms with Crippen molar-refractivity contribution in [3.05, 3.63) is 16.1 Å². The normalized spacial score (nSPS) is 10.2. The van der Waals surface area contributed by atoms with Crippen molar-refractivity contribution < 1.29 is 9.59 Å². The Morgan fingerprint density at radius 2 is 2.22 bits per heavy atom. The van der Waals surface area contributed by atoms with Gasteiger partial charge in [0, 0.05) is 19.0 Å². The van der Waals surface area contributed by atoms with Crippen LogP contribution in [0.3, 0.4) is 0 Å². The number of amides is 2. The minimum Gasteiger partial charge on any atom is -0.355 e. The number of aromatic nitrogens is 1. The van der Waals surface area contributed by atoms with E-state index in [9.17, 15) is 9.59 Å². The number of rotatable bonds is 6. The highest BCUT2D eigenvalue weighted by molar-refractivity contribution is 7.09. The summed E-state index contributed by atoms with van der Waals surface area (Å²) in [5.74, 6) is -0.214. The first-order chi connectivity index (χ1) is 8.52. The van der Waals surface area contributed by atoms with Crippen molar-refractivity contribution in [3.8, 4) is 0 Å². The predicted molar refractivity (Wildman–Crippen MR) is 71.5 cm³/mol. The lowest BCUT2D eigenvalue weighted by atomic mass is 10.3. The summed E-state index contributed by atoms with van der Waals surface area (Å²) in [6.45, 7) is 4.63. The number of aryl methyl sites for hydroxylation is 1. The SMILES string of the molecule is CCCNC(=O)CN(C)C(=O)Cc1csc(C)n1. The molecule has 1 aromatic heterocycles. The van der Waals surface area contributed by atoms with Crippen LogP contribution in [0.25, 0.3) is 0 Å². The average molecular weight is 269 g/mol. The average Bonchev–Trinajstić information content (AvgIpc) is 2.72. The summed E-state index contributed by atoms with van der Waals surface area (Å²) in [6.07, 6.45) is 1.14. The number of nitrogens with one attached hydrogen (secondary N) is 1. The van der Waals surface area contributed by atoms with Gasteiger partial charge in [0.25, 0.3) is 0 Å². The summed E-state index contributed by atoms with van der Waals surface area (Å²) in [5, 5.41) is 5.56. The molecule has 5 nitrogen and oxygen atoms in total. The Bertz CT molecular complexity index is 417. The first-order valence-electron chi connectivity index (χ1n) is 5.94. The zero-order valence-corrected chi connectivity index (χ0v) is 11.8. The summed E-state index contributed by atoms with van der Waals surface area (Å²) in [6, 6.07) is 0. The summed E-state index contributed by atoms with van der Waals surface area (Å²) in [4.78, 5) is 29.0. The van der Waals surface area contributed by atoms with Gasteiger partial charge in [-0.3, -0.25) is 9.59 Å². The third-order valence-electron chi connectivity index (χ3n) is 2.38. The van der Waals surface area contributed by atoms with Crippen LogP contribution >= 0.6 is 11.3 Å². The molecule has 0 radical (unpaired) electrons. The van der Waals surface area contributed by atoms with Crippen LogP contribution in [0.1, 0.15) is 24.0 Å². The second kappa shape index (κ2) is 7.10. The van der Waals surface area contributed by atoms with Gasteiger partial charge in [-0.05, 0) is 13.3 Å². The largest absolute Gasteiger partial charge is 0.355 e. The fourth-order valence-electron chi connectivity index (χ4n) is 1.40. The monoisotopic (exact) mass is 269 g/mol. The Labute approximate surface area is 111 Å². The third-order valence-corrected chi connectivity index (χ3v) is 3.20. The van der Waals surface area contributed by atoms with Gasteiger partial charge in [-0.15, -0.1) is 11.3 Å². The maximum absolute atomic E-state index is 11.8. The van der Waals surface area contributed by atoms with Crippen molar-refractivity contribution >= 4 is 23.2 Å². The highest BCUT2D eigenvalue weighted by Crippen LogP contribution is 2.09. The summed E-state index contributed by atoms with van der Waals surface area (Å²) in [5.41, 5.74) is 0.767. The maximum Gasteiger partial charge on any atom is 0.239 e. The van der Waals surface area contributed by atoms with Gasteiger partial charge in [0.1, 0.15) is 0 Å². The molecule has 0 atom stereocenters. The van der Waals surface area contributed by atoms with E-state index < -0.39 is 0 Å². The number of likely N-dealkylation sites (N-methyl/N-ethyl adjacent to an activating group) is 1. The fourth-order valence-corrected chi connectivity index (χ4v) is 2.02. The molecular weight excluding hydrogens is 250 g/mol. The highest BCUT2D eigenvalue weighted by atomic mass is 32.1. The lowest BCUT2D eigenvalue weighted by molar-refractivity contribution is -0.134. The van der Waals surface area contributed by atoms with E-state index >= 15 is 0 Å². The lowest BCUT2D eigenvalue weighted by Gasteiger charge is -2.16. The van der Waals surface area contributed by atoms with Crippen LogP contribution in [0.5, 0.6) is 0 Å². The number of thiazole rings is 1. The molecule has 1 aromatic rings. The molecule has 1 N–H and O–H groups in total. The molecule has 0 fully saturated rings. The van der Waals surface area contributed by atoms with Crippen molar-refractivity contribution in [1.29, 1.82) is 0 Å². The van der Waals surface area contributed by atoms with E-state index in [-0.39, 0.29) is 24.8 Å². The minimum atomic E-state index is -0.123. The smallest absolute Gasteiger partial charge is 0.239 e. The van der Waals surface area contributed by atoms with E-state index in [4.69, 9.17) is 0 Å². The van der Waals surface area contributed by atoms with Gasteiger partial charge >= 0.3 is 0 Å². The first-order valence-corrected chi connectivity index (χ1v) is 6.82. The Hall–Kier alpha value is -1.43. The van der Waals surface area contributed by atoms with Crippen LogP contribution in [0.4, 0.5) is 0 Å². The molecule has 0 aliphatic rings. The van der Waals surface area contributed by atoms with E-state index in [1.807, 2.05) is 19.2 Å². The van der Waals surface area contributed by atoms with Crippen molar-refractivity contribution in [2.24, 2.45) is 0 Å². The number of carbonyl (C=O) groups excluding carboxylic acids is 2. The molecule has 0 saturated heterocycles. The third kappa shape index (κ3) is 4.83. The van der Waals surface area contributed by atoms with Crippen molar-refractivity contribution in [2.45, 2.75) is 26.7 Å². The molecule has 1 heterocycles. The Balaban J connectivity index is 2.39. The van der Waals surface area contributed by atoms with Gasteiger partial charge < -0.3 is 10.2 Å². The van der Waals surface area contributed by atoms with Gasteiger partial charge in [0.2, 0.25) is 11.8 Å². The van der Waals surface area contributed by atoms with Crippen molar-refractivity contribution in [1.82, 2.24) is 15.2 Å². The minimum absolute atomic E-state index is 0.0908. The Morgan fingerprint density at radius 1 is 1.50 bits per heavy atom. The molecule has 100 valence electrons. The molecule has 2 amide bonds.